The molecule has 55 heavy (non-hydrogen) atoms. The number of phenols is 1. The predicted octanol–water partition coefficient (Wildman–Crippen LogP) is 5.01. The van der Waals surface area contributed by atoms with Gasteiger partial charge in [-0.2, -0.15) is 0 Å². The highest BCUT2D eigenvalue weighted by Gasteiger charge is 2.37. The van der Waals surface area contributed by atoms with Gasteiger partial charge in [-0.05, 0) is 120 Å². The van der Waals surface area contributed by atoms with Crippen LogP contribution in [0.15, 0.2) is 36.4 Å². The second kappa shape index (κ2) is 18.7. The van der Waals surface area contributed by atoms with Crippen LogP contribution in [0.3, 0.4) is 0 Å². The topological polar surface area (TPSA) is 135 Å². The van der Waals surface area contributed by atoms with Crippen LogP contribution in [-0.2, 0) is 31.9 Å². The van der Waals surface area contributed by atoms with Crippen molar-refractivity contribution in [2.75, 3.05) is 84.9 Å². The van der Waals surface area contributed by atoms with Crippen LogP contribution in [0.4, 0.5) is 15.3 Å². The van der Waals surface area contributed by atoms with E-state index in [4.69, 9.17) is 21.1 Å². The van der Waals surface area contributed by atoms with Crippen molar-refractivity contribution in [2.45, 2.75) is 70.4 Å². The van der Waals surface area contributed by atoms with Crippen molar-refractivity contribution < 1.29 is 33.8 Å². The van der Waals surface area contributed by atoms with Crippen LogP contribution < -0.4 is 5.32 Å². The molecule has 4 amide bonds. The van der Waals surface area contributed by atoms with Gasteiger partial charge >= 0.3 is 18.1 Å². The van der Waals surface area contributed by atoms with E-state index in [1.54, 1.807) is 24.0 Å². The summed E-state index contributed by atoms with van der Waals surface area (Å²) >= 11 is 6.32. The fraction of sp³-hybridized carbons (Fsp3) is 0.610. The summed E-state index contributed by atoms with van der Waals surface area (Å²) < 4.78 is 11.4. The van der Waals surface area contributed by atoms with Crippen molar-refractivity contribution in [1.29, 1.82) is 0 Å². The van der Waals surface area contributed by atoms with E-state index in [1.807, 2.05) is 53.1 Å². The first-order valence-corrected chi connectivity index (χ1v) is 20.2. The van der Waals surface area contributed by atoms with E-state index in [9.17, 15) is 24.3 Å². The number of carbonyl (C=O) groups excluding carboxylic acids is 4. The van der Waals surface area contributed by atoms with E-state index >= 15 is 0 Å². The van der Waals surface area contributed by atoms with Crippen molar-refractivity contribution in [3.8, 4) is 5.75 Å². The molecule has 4 heterocycles. The Morgan fingerprint density at radius 2 is 1.58 bits per heavy atom. The molecule has 300 valence electrons. The lowest BCUT2D eigenvalue weighted by Crippen LogP contribution is -2.52. The number of benzene rings is 2. The minimum Gasteiger partial charge on any atom is -0.506 e. The second-order valence-corrected chi connectivity index (χ2v) is 16.3. The Labute approximate surface area is 329 Å². The first-order chi connectivity index (χ1) is 26.4. The minimum absolute atomic E-state index is 0.0111. The zero-order chi connectivity index (χ0) is 39.1. The van der Waals surface area contributed by atoms with Gasteiger partial charge in [0.25, 0.3) is 5.91 Å². The number of carbonyl (C=O) groups is 4. The number of likely N-dealkylation sites (tertiary alicyclic amines) is 3. The number of nitrogens with one attached hydrogen (secondary N) is 1. The maximum Gasteiger partial charge on any atom is 0.410 e. The second-order valence-electron chi connectivity index (χ2n) is 15.9. The summed E-state index contributed by atoms with van der Waals surface area (Å²) in [5.74, 6) is 0.604. The van der Waals surface area contributed by atoms with Gasteiger partial charge in [-0.25, -0.2) is 9.59 Å². The van der Waals surface area contributed by atoms with E-state index < -0.39 is 12.2 Å². The molecule has 2 aromatic carbocycles. The lowest BCUT2D eigenvalue weighted by atomic mass is 9.78. The number of likely N-dealkylation sites (N-methyl/N-ethyl adjacent to an activating group) is 1. The van der Waals surface area contributed by atoms with E-state index in [0.717, 1.165) is 56.4 Å². The summed E-state index contributed by atoms with van der Waals surface area (Å²) in [5.41, 5.74) is 3.22. The van der Waals surface area contributed by atoms with Gasteiger partial charge in [-0.3, -0.25) is 14.5 Å². The minimum atomic E-state index is -1.06. The monoisotopic (exact) mass is 780 g/mol. The predicted molar refractivity (Wildman–Crippen MR) is 210 cm³/mol. The molecule has 0 bridgehead atoms. The molecule has 0 radical (unpaired) electrons. The fourth-order valence-electron chi connectivity index (χ4n) is 8.56. The van der Waals surface area contributed by atoms with Crippen molar-refractivity contribution in [3.05, 3.63) is 58.1 Å². The number of fused-ring (bicyclic) bond motifs is 1. The number of hydrogen-bond donors (Lipinski definition) is 2. The van der Waals surface area contributed by atoms with E-state index in [0.29, 0.717) is 88.2 Å². The summed E-state index contributed by atoms with van der Waals surface area (Å²) in [6.07, 6.45) is 4.27. The van der Waals surface area contributed by atoms with Gasteiger partial charge in [0.05, 0.1) is 11.6 Å². The van der Waals surface area contributed by atoms with Crippen molar-refractivity contribution in [1.82, 2.24) is 24.5 Å². The van der Waals surface area contributed by atoms with Gasteiger partial charge in [0, 0.05) is 57.4 Å². The number of amides is 4. The van der Waals surface area contributed by atoms with Gasteiger partial charge in [0.2, 0.25) is 0 Å². The highest BCUT2D eigenvalue weighted by atomic mass is 35.5. The number of anilines is 1. The number of hydrogen-bond acceptors (Lipinski definition) is 9. The van der Waals surface area contributed by atoms with Gasteiger partial charge < -0.3 is 39.5 Å². The molecule has 0 aromatic heterocycles. The van der Waals surface area contributed by atoms with E-state index in [1.165, 1.54) is 0 Å². The Balaban J connectivity index is 1.02. The Morgan fingerprint density at radius 3 is 2.25 bits per heavy atom. The molecule has 6 rings (SSSR count). The van der Waals surface area contributed by atoms with Crippen LogP contribution in [0.1, 0.15) is 55.2 Å². The zero-order valence-electron chi connectivity index (χ0n) is 32.5. The SMILES string of the molecule is Cc1cc(C[C@@H](OC(=O)N2CCC(N3CCc4ccccc4NC3=O)CC2)C(=O)N2CCC(C3CCN(CC(=O)OCCN(C)C)CC3)CC2)cc(Cl)c1O. The van der Waals surface area contributed by atoms with Gasteiger partial charge in [0.15, 0.2) is 6.10 Å². The molecule has 0 spiro atoms. The summed E-state index contributed by atoms with van der Waals surface area (Å²) in [4.78, 5) is 62.8. The molecule has 2 N–H and O–H groups in total. The average Bonchev–Trinajstić information content (AvgIpc) is 3.34. The maximum atomic E-state index is 14.2. The Kier molecular flexibility index (Phi) is 13.8. The quantitative estimate of drug-likeness (QED) is 0.302. The lowest BCUT2D eigenvalue weighted by Gasteiger charge is -2.41. The molecular weight excluding hydrogens is 724 g/mol. The molecule has 0 unspecified atom stereocenters. The van der Waals surface area contributed by atoms with Gasteiger partial charge in [-0.1, -0.05) is 35.9 Å². The number of ether oxygens (including phenoxy) is 2. The summed E-state index contributed by atoms with van der Waals surface area (Å²) in [6.45, 7) is 7.48. The van der Waals surface area contributed by atoms with Crippen molar-refractivity contribution in [3.63, 3.8) is 0 Å². The highest BCUT2D eigenvalue weighted by Crippen LogP contribution is 2.34. The molecule has 3 saturated heterocycles. The third-order valence-corrected chi connectivity index (χ3v) is 12.2. The van der Waals surface area contributed by atoms with Crippen LogP contribution >= 0.6 is 11.6 Å². The molecule has 13 nitrogen and oxygen atoms in total. The molecule has 0 aliphatic carbocycles. The van der Waals surface area contributed by atoms with Crippen LogP contribution in [0.25, 0.3) is 0 Å². The van der Waals surface area contributed by atoms with Crippen LogP contribution in [0.2, 0.25) is 5.02 Å². The van der Waals surface area contributed by atoms with Crippen molar-refractivity contribution in [2.24, 2.45) is 11.8 Å². The van der Waals surface area contributed by atoms with Crippen LogP contribution in [0, 0.1) is 18.8 Å². The number of phenolic OH excluding ortho intramolecular Hbond substituents is 1. The number of aromatic hydroxyl groups is 1. The smallest absolute Gasteiger partial charge is 0.410 e. The summed E-state index contributed by atoms with van der Waals surface area (Å²) in [5, 5.41) is 13.5. The number of piperidine rings is 3. The number of esters is 1. The Bertz CT molecular complexity index is 1640. The number of urea groups is 1. The highest BCUT2D eigenvalue weighted by molar-refractivity contribution is 6.32. The Morgan fingerprint density at radius 1 is 0.927 bits per heavy atom. The lowest BCUT2D eigenvalue weighted by molar-refractivity contribution is -0.145. The van der Waals surface area contributed by atoms with E-state index in [2.05, 4.69) is 10.2 Å². The summed E-state index contributed by atoms with van der Waals surface area (Å²) in [6, 6.07) is 11.1. The third-order valence-electron chi connectivity index (χ3n) is 11.9. The van der Waals surface area contributed by atoms with Gasteiger partial charge in [-0.15, -0.1) is 0 Å². The van der Waals surface area contributed by atoms with Crippen LogP contribution in [-0.4, -0.2) is 145 Å². The van der Waals surface area contributed by atoms with Gasteiger partial charge in [0.1, 0.15) is 12.4 Å². The zero-order valence-corrected chi connectivity index (χ0v) is 33.3. The molecule has 4 aliphatic rings. The number of halogens is 1. The van der Waals surface area contributed by atoms with Crippen molar-refractivity contribution >= 4 is 41.3 Å². The largest absolute Gasteiger partial charge is 0.506 e. The number of para-hydroxylation sites is 1. The molecule has 14 heteroatoms. The standard InChI is InChI=1S/C41H57ClN6O7/c1-28-24-29(25-34(42)38(28)50)26-36(55-41(53)47-19-13-33(14-20-47)48-21-12-32-6-4-5-7-35(32)43-40(48)52)39(51)46-17-10-31(11-18-46)30-8-15-45(16-9-30)27-37(49)54-23-22-44(2)3/h4-7,24-25,30-31,33,36,50H,8-23,26-27H2,1-3H3,(H,43,52)/t36-/m1/s1. The number of rotatable bonds is 11. The van der Waals surface area contributed by atoms with E-state index in [-0.39, 0.29) is 41.1 Å². The molecule has 1 atom stereocenters. The first-order valence-electron chi connectivity index (χ1n) is 19.9. The Hall–Kier alpha value is -4.07. The fourth-order valence-corrected chi connectivity index (χ4v) is 8.85. The molecule has 3 fully saturated rings. The first kappa shape index (κ1) is 40.6. The number of aryl methyl sites for hydroxylation is 1. The molecule has 2 aromatic rings. The normalized spacial score (nSPS) is 19.8. The molecule has 4 aliphatic heterocycles. The number of nitrogens with zero attached hydrogens (tertiary/aromatic N) is 5. The van der Waals surface area contributed by atoms with Crippen LogP contribution in [0.5, 0.6) is 5.75 Å². The third kappa shape index (κ3) is 10.6. The molecular formula is C41H57ClN6O7. The summed E-state index contributed by atoms with van der Waals surface area (Å²) in [7, 11) is 3.90. The molecule has 0 saturated carbocycles. The average molecular weight is 781 g/mol. The maximum absolute atomic E-state index is 14.2.